The number of hydrogen-bond acceptors (Lipinski definition) is 2. The van der Waals surface area contributed by atoms with Crippen molar-refractivity contribution < 1.29 is 4.74 Å². The lowest BCUT2D eigenvalue weighted by molar-refractivity contribution is 0.220. The topological polar surface area (TPSA) is 33.1 Å². The molecule has 0 fully saturated rings. The summed E-state index contributed by atoms with van der Waals surface area (Å²) in [6, 6.07) is 0. The minimum Gasteiger partial charge on any atom is -0.486 e. The summed E-state index contributed by atoms with van der Waals surface area (Å²) in [6.45, 7) is 4.92. The maximum absolute atomic E-state index is 7.73. The van der Waals surface area contributed by atoms with Gasteiger partial charge in [-0.3, -0.25) is 0 Å². The first-order valence-electron chi connectivity index (χ1n) is 5.58. The fourth-order valence-corrected chi connectivity index (χ4v) is 1.26. The molecular formula is C13H19NO. The summed E-state index contributed by atoms with van der Waals surface area (Å²) < 4.78 is 5.53. The lowest BCUT2D eigenvalue weighted by Gasteiger charge is -2.09. The summed E-state index contributed by atoms with van der Waals surface area (Å²) in [4.78, 5) is 0. The molecule has 0 aromatic rings. The van der Waals surface area contributed by atoms with Crippen LogP contribution >= 0.6 is 0 Å². The molecule has 0 bridgehead atoms. The van der Waals surface area contributed by atoms with Gasteiger partial charge in [-0.15, -0.1) is 0 Å². The standard InChI is InChI=1S/C13H19NO/c1-3-4-10-15-12-7-5-6-11(2)13(14)9-8-12/h5,8-9,11,14H,3-4,6,10H2,1-2H3. The molecule has 0 amide bonds. The van der Waals surface area contributed by atoms with Crippen molar-refractivity contribution in [2.45, 2.75) is 33.1 Å². The van der Waals surface area contributed by atoms with E-state index in [-0.39, 0.29) is 5.92 Å². The lowest BCUT2D eigenvalue weighted by atomic mass is 10.00. The molecule has 1 unspecified atom stereocenters. The van der Waals surface area contributed by atoms with Crippen molar-refractivity contribution in [2.24, 2.45) is 5.92 Å². The predicted molar refractivity (Wildman–Crippen MR) is 63.1 cm³/mol. The first kappa shape index (κ1) is 11.8. The van der Waals surface area contributed by atoms with Gasteiger partial charge in [0.25, 0.3) is 0 Å². The number of hydrogen-bond donors (Lipinski definition) is 1. The number of nitrogens with one attached hydrogen (secondary N) is 1. The Morgan fingerprint density at radius 1 is 1.53 bits per heavy atom. The molecule has 0 saturated heterocycles. The fourth-order valence-electron chi connectivity index (χ4n) is 1.26. The zero-order valence-corrected chi connectivity index (χ0v) is 9.55. The highest BCUT2D eigenvalue weighted by Gasteiger charge is 2.05. The van der Waals surface area contributed by atoms with Gasteiger partial charge in [0.15, 0.2) is 5.76 Å². The lowest BCUT2D eigenvalue weighted by Crippen LogP contribution is -2.06. The maximum atomic E-state index is 7.73. The van der Waals surface area contributed by atoms with Crippen LogP contribution in [0.15, 0.2) is 29.7 Å². The van der Waals surface area contributed by atoms with E-state index in [2.05, 4.69) is 12.7 Å². The average Bonchev–Trinajstić information content (AvgIpc) is 2.22. The fraction of sp³-hybridized carbons (Fsp3) is 0.538. The third-order valence-corrected chi connectivity index (χ3v) is 2.42. The molecule has 2 nitrogen and oxygen atoms in total. The molecule has 0 radical (unpaired) electrons. The van der Waals surface area contributed by atoms with E-state index in [9.17, 15) is 0 Å². The Bertz CT molecular complexity index is 308. The van der Waals surface area contributed by atoms with Gasteiger partial charge >= 0.3 is 0 Å². The van der Waals surface area contributed by atoms with E-state index < -0.39 is 0 Å². The number of allylic oxidation sites excluding steroid dienone is 2. The summed E-state index contributed by atoms with van der Waals surface area (Å²) in [6.07, 6.45) is 8.67. The van der Waals surface area contributed by atoms with Crippen molar-refractivity contribution in [1.82, 2.24) is 0 Å². The summed E-state index contributed by atoms with van der Waals surface area (Å²) in [5, 5.41) is 7.73. The van der Waals surface area contributed by atoms with Crippen molar-refractivity contribution in [3.63, 3.8) is 0 Å². The maximum Gasteiger partial charge on any atom is 0.162 e. The van der Waals surface area contributed by atoms with Gasteiger partial charge < -0.3 is 10.1 Å². The molecule has 0 aromatic heterocycles. The highest BCUT2D eigenvalue weighted by Crippen LogP contribution is 2.10. The molecule has 0 heterocycles. The van der Waals surface area contributed by atoms with E-state index in [0.717, 1.165) is 31.6 Å². The SMILES string of the molecule is CCCCOC1=C=CCC(C)C(=N)C=C1. The van der Waals surface area contributed by atoms with E-state index in [1.807, 2.05) is 25.2 Å². The van der Waals surface area contributed by atoms with Gasteiger partial charge in [-0.1, -0.05) is 26.0 Å². The second-order valence-electron chi connectivity index (χ2n) is 3.84. The third-order valence-electron chi connectivity index (χ3n) is 2.42. The van der Waals surface area contributed by atoms with Crippen LogP contribution < -0.4 is 0 Å². The summed E-state index contributed by atoms with van der Waals surface area (Å²) >= 11 is 0. The number of ether oxygens (including phenoxy) is 1. The number of rotatable bonds is 4. The molecule has 2 heteroatoms. The first-order valence-corrected chi connectivity index (χ1v) is 5.58. The Morgan fingerprint density at radius 2 is 2.33 bits per heavy atom. The van der Waals surface area contributed by atoms with E-state index >= 15 is 0 Å². The molecule has 1 atom stereocenters. The van der Waals surface area contributed by atoms with Crippen LogP contribution in [0.5, 0.6) is 0 Å². The molecule has 15 heavy (non-hydrogen) atoms. The second kappa shape index (κ2) is 6.26. The van der Waals surface area contributed by atoms with Crippen LogP contribution in [-0.4, -0.2) is 12.3 Å². The van der Waals surface area contributed by atoms with Gasteiger partial charge in [0.05, 0.1) is 6.61 Å². The quantitative estimate of drug-likeness (QED) is 0.553. The van der Waals surface area contributed by atoms with Gasteiger partial charge in [-0.2, -0.15) is 0 Å². The Hall–Kier alpha value is -1.27. The van der Waals surface area contributed by atoms with Crippen LogP contribution in [0.4, 0.5) is 0 Å². The van der Waals surface area contributed by atoms with Crippen LogP contribution in [0, 0.1) is 11.3 Å². The van der Waals surface area contributed by atoms with Crippen LogP contribution in [0.1, 0.15) is 33.1 Å². The monoisotopic (exact) mass is 205 g/mol. The predicted octanol–water partition coefficient (Wildman–Crippen LogP) is 3.46. The Morgan fingerprint density at radius 3 is 3.07 bits per heavy atom. The second-order valence-corrected chi connectivity index (χ2v) is 3.84. The molecule has 1 aliphatic carbocycles. The third kappa shape index (κ3) is 4.18. The zero-order valence-electron chi connectivity index (χ0n) is 9.55. The minimum atomic E-state index is 0.283. The molecule has 1 N–H and O–H groups in total. The van der Waals surface area contributed by atoms with Crippen LogP contribution in [0.25, 0.3) is 0 Å². The van der Waals surface area contributed by atoms with Gasteiger partial charge in [-0.25, -0.2) is 0 Å². The van der Waals surface area contributed by atoms with Gasteiger partial charge in [0, 0.05) is 11.6 Å². The number of unbranched alkanes of at least 4 members (excludes halogenated alkanes) is 1. The molecule has 0 saturated carbocycles. The average molecular weight is 205 g/mol. The van der Waals surface area contributed by atoms with E-state index in [1.165, 1.54) is 0 Å². The normalized spacial score (nSPS) is 20.8. The van der Waals surface area contributed by atoms with Crippen LogP contribution in [-0.2, 0) is 4.74 Å². The largest absolute Gasteiger partial charge is 0.486 e. The van der Waals surface area contributed by atoms with E-state index in [4.69, 9.17) is 10.1 Å². The Balaban J connectivity index is 2.59. The van der Waals surface area contributed by atoms with Gasteiger partial charge in [0.1, 0.15) is 0 Å². The molecule has 0 aliphatic heterocycles. The van der Waals surface area contributed by atoms with Gasteiger partial charge in [0.2, 0.25) is 0 Å². The van der Waals surface area contributed by atoms with Crippen molar-refractivity contribution >= 4 is 5.71 Å². The van der Waals surface area contributed by atoms with Crippen molar-refractivity contribution in [3.05, 3.63) is 29.7 Å². The molecular weight excluding hydrogens is 186 g/mol. The highest BCUT2D eigenvalue weighted by molar-refractivity contribution is 5.94. The van der Waals surface area contributed by atoms with E-state index in [0.29, 0.717) is 5.71 Å². The molecule has 0 spiro atoms. The smallest absolute Gasteiger partial charge is 0.162 e. The Labute approximate surface area is 91.8 Å². The first-order chi connectivity index (χ1) is 7.24. The highest BCUT2D eigenvalue weighted by atomic mass is 16.5. The zero-order chi connectivity index (χ0) is 11.1. The summed E-state index contributed by atoms with van der Waals surface area (Å²) in [7, 11) is 0. The van der Waals surface area contributed by atoms with Gasteiger partial charge in [-0.05, 0) is 31.1 Å². The molecule has 82 valence electrons. The minimum absolute atomic E-state index is 0.283. The molecule has 1 rings (SSSR count). The summed E-state index contributed by atoms with van der Waals surface area (Å²) in [5.74, 6) is 1.03. The van der Waals surface area contributed by atoms with Crippen molar-refractivity contribution in [1.29, 1.82) is 5.41 Å². The van der Waals surface area contributed by atoms with Crippen molar-refractivity contribution in [3.8, 4) is 0 Å². The van der Waals surface area contributed by atoms with E-state index in [1.54, 1.807) is 0 Å². The Kier molecular flexibility index (Phi) is 4.92. The van der Waals surface area contributed by atoms with Crippen molar-refractivity contribution in [2.75, 3.05) is 6.61 Å². The molecule has 1 aliphatic rings. The molecule has 0 aromatic carbocycles. The van der Waals surface area contributed by atoms with Crippen LogP contribution in [0.2, 0.25) is 0 Å². The van der Waals surface area contributed by atoms with Crippen LogP contribution in [0.3, 0.4) is 0 Å². The summed E-state index contributed by atoms with van der Waals surface area (Å²) in [5.41, 5.74) is 3.77.